The predicted molar refractivity (Wildman–Crippen MR) is 106 cm³/mol. The van der Waals surface area contributed by atoms with Gasteiger partial charge in [0.25, 0.3) is 0 Å². The lowest BCUT2D eigenvalue weighted by Gasteiger charge is -2.35. The minimum absolute atomic E-state index is 0.0709. The van der Waals surface area contributed by atoms with Crippen LogP contribution in [-0.4, -0.2) is 53.0 Å². The molecule has 2 aliphatic rings. The number of anilines is 1. The molecule has 0 aliphatic carbocycles. The fraction of sp³-hybridized carbons (Fsp3) is 0.368. The quantitative estimate of drug-likeness (QED) is 0.877. The van der Waals surface area contributed by atoms with Crippen LogP contribution in [0.5, 0.6) is 0 Å². The molecule has 1 atom stereocenters. The van der Waals surface area contributed by atoms with E-state index in [0.717, 1.165) is 43.3 Å². The number of carbonyl (C=O) groups excluding carboxylic acids is 2. The van der Waals surface area contributed by atoms with Crippen LogP contribution in [0.25, 0.3) is 0 Å². The van der Waals surface area contributed by atoms with E-state index in [9.17, 15) is 9.59 Å². The Morgan fingerprint density at radius 2 is 1.92 bits per heavy atom. The summed E-state index contributed by atoms with van der Waals surface area (Å²) in [6.45, 7) is 4.20. The first-order valence-electron chi connectivity index (χ1n) is 8.78. The number of fused-ring (bicyclic) bond motifs is 1. The molecule has 0 saturated carbocycles. The van der Waals surface area contributed by atoms with Crippen LogP contribution in [0, 0.1) is 0 Å². The first-order chi connectivity index (χ1) is 12.7. The summed E-state index contributed by atoms with van der Waals surface area (Å²) in [6, 6.07) is 12.0. The van der Waals surface area contributed by atoms with Crippen LogP contribution in [-0.2, 0) is 16.1 Å². The summed E-state index contributed by atoms with van der Waals surface area (Å²) in [6.07, 6.45) is 0.260. The Morgan fingerprint density at radius 1 is 1.12 bits per heavy atom. The van der Waals surface area contributed by atoms with Crippen LogP contribution < -0.4 is 5.32 Å². The van der Waals surface area contributed by atoms with Crippen molar-refractivity contribution in [2.45, 2.75) is 23.1 Å². The highest BCUT2D eigenvalue weighted by Crippen LogP contribution is 2.36. The van der Waals surface area contributed by atoms with Gasteiger partial charge in [-0.1, -0.05) is 18.2 Å². The highest BCUT2D eigenvalue weighted by Gasteiger charge is 2.31. The first kappa shape index (κ1) is 17.6. The average molecular weight is 388 g/mol. The highest BCUT2D eigenvalue weighted by molar-refractivity contribution is 8.01. The van der Waals surface area contributed by atoms with E-state index in [1.54, 1.807) is 11.3 Å². The fourth-order valence-electron chi connectivity index (χ4n) is 3.29. The van der Waals surface area contributed by atoms with Crippen molar-refractivity contribution < 1.29 is 9.59 Å². The zero-order valence-electron chi connectivity index (χ0n) is 14.4. The number of benzene rings is 1. The summed E-state index contributed by atoms with van der Waals surface area (Å²) >= 11 is 3.26. The number of carbonyl (C=O) groups is 2. The van der Waals surface area contributed by atoms with Gasteiger partial charge in [0.2, 0.25) is 11.8 Å². The fourth-order valence-corrected chi connectivity index (χ4v) is 5.14. The van der Waals surface area contributed by atoms with Crippen molar-refractivity contribution in [1.29, 1.82) is 0 Å². The summed E-state index contributed by atoms with van der Waals surface area (Å²) in [5.41, 5.74) is 0.841. The SMILES string of the molecule is O=C1Nc2ccccc2SC1CC(=O)N1CCN(Cc2cccs2)CC1. The Bertz CT molecular complexity index is 786. The molecule has 26 heavy (non-hydrogen) atoms. The second kappa shape index (κ2) is 7.82. The van der Waals surface area contributed by atoms with E-state index in [2.05, 4.69) is 27.7 Å². The first-order valence-corrected chi connectivity index (χ1v) is 10.5. The number of thioether (sulfide) groups is 1. The maximum atomic E-state index is 12.7. The van der Waals surface area contributed by atoms with Gasteiger partial charge in [0.15, 0.2) is 0 Å². The lowest BCUT2D eigenvalue weighted by atomic mass is 10.2. The van der Waals surface area contributed by atoms with Gasteiger partial charge in [-0.25, -0.2) is 0 Å². The molecule has 4 rings (SSSR count). The molecular formula is C19H21N3O2S2. The van der Waals surface area contributed by atoms with Gasteiger partial charge in [0.1, 0.15) is 0 Å². The number of hydrogen-bond acceptors (Lipinski definition) is 5. The van der Waals surface area contributed by atoms with Gasteiger partial charge in [0.05, 0.1) is 10.9 Å². The Labute approximate surface area is 161 Å². The summed E-state index contributed by atoms with van der Waals surface area (Å²) in [5.74, 6) is 0.00573. The number of para-hydroxylation sites is 1. The average Bonchev–Trinajstić information content (AvgIpc) is 3.16. The van der Waals surface area contributed by atoms with E-state index in [1.807, 2.05) is 29.2 Å². The van der Waals surface area contributed by atoms with E-state index < -0.39 is 0 Å². The standard InChI is InChI=1S/C19H21N3O2S2/c23-18(12-17-19(24)20-15-5-1-2-6-16(15)26-17)22-9-7-21(8-10-22)13-14-4-3-11-25-14/h1-6,11,17H,7-10,12-13H2,(H,20,24). The third-order valence-corrected chi connectivity index (χ3v) is 6.89. The van der Waals surface area contributed by atoms with Crippen LogP contribution in [0.4, 0.5) is 5.69 Å². The van der Waals surface area contributed by atoms with Crippen molar-refractivity contribution in [3.63, 3.8) is 0 Å². The number of nitrogens with one attached hydrogen (secondary N) is 1. The Balaban J connectivity index is 1.30. The molecule has 1 aromatic heterocycles. The minimum atomic E-state index is -0.346. The Morgan fingerprint density at radius 3 is 2.69 bits per heavy atom. The normalized spacial score (nSPS) is 20.5. The van der Waals surface area contributed by atoms with Crippen molar-refractivity contribution >= 4 is 40.6 Å². The zero-order valence-corrected chi connectivity index (χ0v) is 16.0. The maximum absolute atomic E-state index is 12.7. The largest absolute Gasteiger partial charge is 0.340 e. The van der Waals surface area contributed by atoms with E-state index in [-0.39, 0.29) is 23.5 Å². The molecule has 0 radical (unpaired) electrons. The van der Waals surface area contributed by atoms with Gasteiger partial charge in [-0.15, -0.1) is 23.1 Å². The zero-order chi connectivity index (χ0) is 17.9. The molecule has 1 N–H and O–H groups in total. The summed E-state index contributed by atoms with van der Waals surface area (Å²) in [4.78, 5) is 31.6. The van der Waals surface area contributed by atoms with E-state index >= 15 is 0 Å². The molecule has 1 unspecified atom stereocenters. The van der Waals surface area contributed by atoms with Gasteiger partial charge in [-0.2, -0.15) is 0 Å². The van der Waals surface area contributed by atoms with Gasteiger partial charge in [-0.3, -0.25) is 14.5 Å². The van der Waals surface area contributed by atoms with Crippen LogP contribution in [0.15, 0.2) is 46.7 Å². The number of amides is 2. The molecule has 1 saturated heterocycles. The maximum Gasteiger partial charge on any atom is 0.238 e. The second-order valence-electron chi connectivity index (χ2n) is 6.53. The number of nitrogens with zero attached hydrogens (tertiary/aromatic N) is 2. The molecule has 1 aromatic carbocycles. The number of hydrogen-bond donors (Lipinski definition) is 1. The van der Waals surface area contributed by atoms with Crippen molar-refractivity contribution in [3.05, 3.63) is 46.7 Å². The molecule has 7 heteroatoms. The van der Waals surface area contributed by atoms with E-state index in [0.29, 0.717) is 0 Å². The lowest BCUT2D eigenvalue weighted by Crippen LogP contribution is -2.49. The van der Waals surface area contributed by atoms with Gasteiger partial charge >= 0.3 is 0 Å². The Hall–Kier alpha value is -1.83. The third-order valence-electron chi connectivity index (χ3n) is 4.75. The molecule has 2 amide bonds. The molecular weight excluding hydrogens is 366 g/mol. The van der Waals surface area contributed by atoms with Crippen molar-refractivity contribution in [2.75, 3.05) is 31.5 Å². The molecule has 2 aromatic rings. The molecule has 2 aliphatic heterocycles. The smallest absolute Gasteiger partial charge is 0.238 e. The molecule has 5 nitrogen and oxygen atoms in total. The van der Waals surface area contributed by atoms with Crippen molar-refractivity contribution in [2.24, 2.45) is 0 Å². The summed E-state index contributed by atoms with van der Waals surface area (Å²) in [7, 11) is 0. The molecule has 0 bridgehead atoms. The van der Waals surface area contributed by atoms with Gasteiger partial charge in [-0.05, 0) is 23.6 Å². The van der Waals surface area contributed by atoms with E-state index in [1.165, 1.54) is 16.6 Å². The Kier molecular flexibility index (Phi) is 5.28. The van der Waals surface area contributed by atoms with Crippen molar-refractivity contribution in [3.8, 4) is 0 Å². The van der Waals surface area contributed by atoms with Crippen molar-refractivity contribution in [1.82, 2.24) is 9.80 Å². The summed E-state index contributed by atoms with van der Waals surface area (Å²) in [5, 5.41) is 4.66. The molecule has 0 spiro atoms. The number of piperazine rings is 1. The highest BCUT2D eigenvalue weighted by atomic mass is 32.2. The lowest BCUT2D eigenvalue weighted by molar-refractivity contribution is -0.134. The molecule has 3 heterocycles. The topological polar surface area (TPSA) is 52.7 Å². The molecule has 1 fully saturated rings. The van der Waals surface area contributed by atoms with Crippen LogP contribution in [0.1, 0.15) is 11.3 Å². The monoisotopic (exact) mass is 387 g/mol. The summed E-state index contributed by atoms with van der Waals surface area (Å²) < 4.78 is 0. The number of rotatable bonds is 4. The molecule has 136 valence electrons. The number of thiophene rings is 1. The van der Waals surface area contributed by atoms with Gasteiger partial charge < -0.3 is 10.2 Å². The minimum Gasteiger partial charge on any atom is -0.340 e. The third kappa shape index (κ3) is 3.95. The van der Waals surface area contributed by atoms with Gasteiger partial charge in [0, 0.05) is 48.9 Å². The second-order valence-corrected chi connectivity index (χ2v) is 8.81. The van der Waals surface area contributed by atoms with E-state index in [4.69, 9.17) is 0 Å². The van der Waals surface area contributed by atoms with Crippen LogP contribution in [0.2, 0.25) is 0 Å². The predicted octanol–water partition coefficient (Wildman–Crippen LogP) is 2.90. The van der Waals surface area contributed by atoms with Crippen LogP contribution >= 0.6 is 23.1 Å². The van der Waals surface area contributed by atoms with Crippen LogP contribution in [0.3, 0.4) is 0 Å².